The van der Waals surface area contributed by atoms with E-state index in [9.17, 15) is 0 Å². The normalized spacial score (nSPS) is 25.8. The van der Waals surface area contributed by atoms with Crippen LogP contribution in [-0.2, 0) is 6.54 Å². The maximum atomic E-state index is 5.60. The predicted octanol–water partition coefficient (Wildman–Crippen LogP) is 4.47. The molecule has 2 aromatic carbocycles. The smallest absolute Gasteiger partial charge is 0.123 e. The third-order valence-corrected chi connectivity index (χ3v) is 7.14. The summed E-state index contributed by atoms with van der Waals surface area (Å²) in [6.45, 7) is 3.20. The molecule has 3 aliphatic heterocycles. The van der Waals surface area contributed by atoms with Crippen LogP contribution in [0.15, 0.2) is 79.1 Å². The minimum absolute atomic E-state index is 0.299. The molecule has 0 aliphatic carbocycles. The Kier molecular flexibility index (Phi) is 6.01. The van der Waals surface area contributed by atoms with Gasteiger partial charge < -0.3 is 10.1 Å². The van der Waals surface area contributed by atoms with Crippen LogP contribution in [-0.4, -0.2) is 42.2 Å². The number of methoxy groups -OCH3 is 1. The van der Waals surface area contributed by atoms with Crippen molar-refractivity contribution in [2.45, 2.75) is 37.4 Å². The molecule has 0 saturated carbocycles. The number of pyridine rings is 1. The molecule has 3 aliphatic rings. The van der Waals surface area contributed by atoms with Gasteiger partial charge in [0.25, 0.3) is 0 Å². The van der Waals surface area contributed by atoms with E-state index in [1.165, 1.54) is 42.6 Å². The fourth-order valence-corrected chi connectivity index (χ4v) is 5.67. The largest absolute Gasteiger partial charge is 0.496 e. The highest BCUT2D eigenvalue weighted by atomic mass is 16.5. The molecule has 0 spiro atoms. The van der Waals surface area contributed by atoms with E-state index in [-0.39, 0.29) is 0 Å². The lowest BCUT2D eigenvalue weighted by Gasteiger charge is -2.54. The number of piperidine rings is 3. The first-order valence-electron chi connectivity index (χ1n) is 11.4. The predicted molar refractivity (Wildman–Crippen MR) is 124 cm³/mol. The number of para-hydroxylation sites is 1. The van der Waals surface area contributed by atoms with Gasteiger partial charge in [0.1, 0.15) is 5.75 Å². The summed E-state index contributed by atoms with van der Waals surface area (Å²) in [6, 6.07) is 24.5. The summed E-state index contributed by atoms with van der Waals surface area (Å²) in [5, 5.41) is 3.97. The van der Waals surface area contributed by atoms with Gasteiger partial charge in [-0.15, -0.1) is 0 Å². The van der Waals surface area contributed by atoms with Gasteiger partial charge in [0.15, 0.2) is 0 Å². The average molecular weight is 414 g/mol. The maximum Gasteiger partial charge on any atom is 0.123 e. The van der Waals surface area contributed by atoms with Crippen molar-refractivity contribution >= 4 is 0 Å². The molecule has 3 fully saturated rings. The summed E-state index contributed by atoms with van der Waals surface area (Å²) < 4.78 is 5.60. The van der Waals surface area contributed by atoms with Crippen LogP contribution >= 0.6 is 0 Å². The number of nitrogens with zero attached hydrogens (tertiary/aromatic N) is 2. The highest BCUT2D eigenvalue weighted by molar-refractivity contribution is 5.36. The first kappa shape index (κ1) is 20.2. The van der Waals surface area contributed by atoms with Gasteiger partial charge in [-0.1, -0.05) is 54.6 Å². The van der Waals surface area contributed by atoms with E-state index in [1.807, 2.05) is 18.3 Å². The Morgan fingerprint density at radius 3 is 2.45 bits per heavy atom. The molecule has 4 heteroatoms. The van der Waals surface area contributed by atoms with Crippen LogP contribution in [0.5, 0.6) is 5.75 Å². The van der Waals surface area contributed by atoms with E-state index < -0.39 is 0 Å². The second kappa shape index (κ2) is 9.21. The van der Waals surface area contributed by atoms with Crippen LogP contribution in [0.3, 0.4) is 0 Å². The summed E-state index contributed by atoms with van der Waals surface area (Å²) in [6.07, 6.45) is 6.47. The van der Waals surface area contributed by atoms with Crippen molar-refractivity contribution in [2.75, 3.05) is 20.2 Å². The molecule has 4 nitrogen and oxygen atoms in total. The zero-order chi connectivity index (χ0) is 21.0. The molecule has 160 valence electrons. The lowest BCUT2D eigenvalue weighted by Crippen LogP contribution is -2.64. The van der Waals surface area contributed by atoms with Crippen LogP contribution < -0.4 is 10.1 Å². The minimum Gasteiger partial charge on any atom is -0.496 e. The van der Waals surface area contributed by atoms with Crippen LogP contribution in [0.4, 0.5) is 0 Å². The first-order valence-corrected chi connectivity index (χ1v) is 11.4. The standard InChI is InChI=1S/C27H31N3O/c1-31-24-12-6-5-10-22(24)19-29-26-21-13-16-30(17-14-21)27(26)25(20-8-3-2-4-9-20)23-11-7-15-28-18-23/h2-12,15,18,21,25-27,29H,13-14,16-17,19H2,1H3. The van der Waals surface area contributed by atoms with Crippen molar-refractivity contribution < 1.29 is 4.74 Å². The van der Waals surface area contributed by atoms with E-state index in [0.29, 0.717) is 23.9 Å². The lowest BCUT2D eigenvalue weighted by molar-refractivity contribution is 0.00458. The van der Waals surface area contributed by atoms with E-state index >= 15 is 0 Å². The molecule has 0 amide bonds. The molecule has 3 aromatic rings. The molecule has 31 heavy (non-hydrogen) atoms. The monoisotopic (exact) mass is 413 g/mol. The van der Waals surface area contributed by atoms with E-state index in [4.69, 9.17) is 4.74 Å². The fourth-order valence-electron chi connectivity index (χ4n) is 5.67. The van der Waals surface area contributed by atoms with E-state index in [0.717, 1.165) is 12.3 Å². The van der Waals surface area contributed by atoms with E-state index in [2.05, 4.69) is 76.0 Å². The van der Waals surface area contributed by atoms with Crippen molar-refractivity contribution in [3.05, 3.63) is 95.8 Å². The van der Waals surface area contributed by atoms with Gasteiger partial charge in [-0.3, -0.25) is 9.88 Å². The zero-order valence-electron chi connectivity index (χ0n) is 18.2. The van der Waals surface area contributed by atoms with Crippen molar-refractivity contribution in [2.24, 2.45) is 5.92 Å². The molecule has 3 saturated heterocycles. The Balaban J connectivity index is 1.49. The van der Waals surface area contributed by atoms with Crippen molar-refractivity contribution in [3.8, 4) is 5.75 Å². The van der Waals surface area contributed by atoms with Crippen molar-refractivity contribution in [3.63, 3.8) is 0 Å². The number of rotatable bonds is 7. The molecule has 3 atom stereocenters. The second-order valence-corrected chi connectivity index (χ2v) is 8.76. The Hall–Kier alpha value is -2.69. The van der Waals surface area contributed by atoms with Crippen LogP contribution in [0.25, 0.3) is 0 Å². The Bertz CT molecular complexity index is 931. The number of ether oxygens (including phenoxy) is 1. The first-order chi connectivity index (χ1) is 15.3. The third-order valence-electron chi connectivity index (χ3n) is 7.14. The van der Waals surface area contributed by atoms with Gasteiger partial charge >= 0.3 is 0 Å². The fraction of sp³-hybridized carbons (Fsp3) is 0.370. The van der Waals surface area contributed by atoms with E-state index in [1.54, 1.807) is 7.11 Å². The Morgan fingerprint density at radius 2 is 1.71 bits per heavy atom. The zero-order valence-corrected chi connectivity index (χ0v) is 18.2. The molecular formula is C27H31N3O. The van der Waals surface area contributed by atoms with Gasteiger partial charge in [-0.25, -0.2) is 0 Å². The molecule has 0 radical (unpaired) electrons. The third kappa shape index (κ3) is 4.10. The summed E-state index contributed by atoms with van der Waals surface area (Å²) >= 11 is 0. The molecule has 4 heterocycles. The van der Waals surface area contributed by atoms with Gasteiger partial charge in [0.05, 0.1) is 7.11 Å². The van der Waals surface area contributed by atoms with Crippen LogP contribution in [0.1, 0.15) is 35.4 Å². The highest BCUT2D eigenvalue weighted by Crippen LogP contribution is 2.42. The number of hydrogen-bond acceptors (Lipinski definition) is 4. The van der Waals surface area contributed by atoms with Gasteiger partial charge in [0.2, 0.25) is 0 Å². The number of nitrogens with one attached hydrogen (secondary N) is 1. The molecule has 2 bridgehead atoms. The maximum absolute atomic E-state index is 5.60. The van der Waals surface area contributed by atoms with Crippen molar-refractivity contribution in [1.82, 2.24) is 15.2 Å². The van der Waals surface area contributed by atoms with Crippen LogP contribution in [0, 0.1) is 5.92 Å². The number of fused-ring (bicyclic) bond motifs is 3. The van der Waals surface area contributed by atoms with Gasteiger partial charge in [-0.2, -0.15) is 0 Å². The molecular weight excluding hydrogens is 382 g/mol. The summed E-state index contributed by atoms with van der Waals surface area (Å²) in [7, 11) is 1.75. The number of aromatic nitrogens is 1. The number of benzene rings is 2. The quantitative estimate of drug-likeness (QED) is 0.620. The Morgan fingerprint density at radius 1 is 0.968 bits per heavy atom. The van der Waals surface area contributed by atoms with Gasteiger partial charge in [-0.05, 0) is 55.1 Å². The second-order valence-electron chi connectivity index (χ2n) is 8.76. The number of hydrogen-bond donors (Lipinski definition) is 1. The van der Waals surface area contributed by atoms with Gasteiger partial charge in [0, 0.05) is 42.5 Å². The minimum atomic E-state index is 0.299. The average Bonchev–Trinajstić information content (AvgIpc) is 2.85. The SMILES string of the molecule is COc1ccccc1CNC1C2CCN(CC2)C1C(c1ccccc1)c1cccnc1. The van der Waals surface area contributed by atoms with Crippen LogP contribution in [0.2, 0.25) is 0 Å². The summed E-state index contributed by atoms with van der Waals surface area (Å²) in [5.74, 6) is 1.96. The Labute approximate surface area is 185 Å². The molecule has 1 N–H and O–H groups in total. The summed E-state index contributed by atoms with van der Waals surface area (Å²) in [4.78, 5) is 7.19. The molecule has 1 aromatic heterocycles. The molecule has 3 unspecified atom stereocenters. The lowest BCUT2D eigenvalue weighted by atomic mass is 9.70. The highest BCUT2D eigenvalue weighted by Gasteiger charge is 2.46. The molecule has 6 rings (SSSR count). The van der Waals surface area contributed by atoms with Crippen molar-refractivity contribution in [1.29, 1.82) is 0 Å². The topological polar surface area (TPSA) is 37.4 Å². The summed E-state index contributed by atoms with van der Waals surface area (Å²) in [5.41, 5.74) is 3.89.